The third kappa shape index (κ3) is 4.07. The first kappa shape index (κ1) is 19.8. The van der Waals surface area contributed by atoms with Gasteiger partial charge in [0.2, 0.25) is 5.91 Å². The Balaban J connectivity index is 1.67. The number of piperazine rings is 1. The number of carbonyl (C=O) groups is 2. The minimum absolute atomic E-state index is 0.109. The van der Waals surface area contributed by atoms with Crippen molar-refractivity contribution in [3.8, 4) is 0 Å². The van der Waals surface area contributed by atoms with Gasteiger partial charge in [0, 0.05) is 17.1 Å². The molecule has 2 aliphatic carbocycles. The predicted octanol–water partition coefficient (Wildman–Crippen LogP) is 5.11. The number of carbonyl (C=O) groups excluding carboxylic acids is 2. The van der Waals surface area contributed by atoms with Crippen molar-refractivity contribution in [2.24, 2.45) is 0 Å². The van der Waals surface area contributed by atoms with Crippen LogP contribution in [0.2, 0.25) is 5.02 Å². The highest BCUT2D eigenvalue weighted by atomic mass is 35.5. The second-order valence-electron chi connectivity index (χ2n) is 8.66. The lowest BCUT2D eigenvalue weighted by atomic mass is 9.90. The molecule has 1 aliphatic heterocycles. The van der Waals surface area contributed by atoms with Gasteiger partial charge in [0.15, 0.2) is 0 Å². The molecule has 2 amide bonds. The van der Waals surface area contributed by atoms with Crippen molar-refractivity contribution >= 4 is 23.4 Å². The molecule has 1 aromatic rings. The Morgan fingerprint density at radius 2 is 1.29 bits per heavy atom. The van der Waals surface area contributed by atoms with Crippen molar-refractivity contribution in [3.63, 3.8) is 0 Å². The van der Waals surface area contributed by atoms with Gasteiger partial charge in [-0.05, 0) is 43.4 Å². The van der Waals surface area contributed by atoms with Gasteiger partial charge in [-0.1, -0.05) is 68.7 Å². The average Bonchev–Trinajstić information content (AvgIpc) is 3.00. The number of halogens is 1. The Morgan fingerprint density at radius 1 is 0.750 bits per heavy atom. The van der Waals surface area contributed by atoms with E-state index in [2.05, 4.69) is 0 Å². The SMILES string of the molecule is O=C1[C@@H](c2ccc(Cl)cc2)N(C2CCCCCC2)C(=O)CN1C1CCCCC1. The molecule has 1 atom stereocenters. The van der Waals surface area contributed by atoms with Crippen molar-refractivity contribution in [3.05, 3.63) is 34.9 Å². The molecule has 0 spiro atoms. The average molecular weight is 403 g/mol. The first-order chi connectivity index (χ1) is 13.6. The topological polar surface area (TPSA) is 40.6 Å². The Bertz CT molecular complexity index is 691. The molecule has 0 N–H and O–H groups in total. The van der Waals surface area contributed by atoms with E-state index in [1.165, 1.54) is 19.3 Å². The Morgan fingerprint density at radius 3 is 1.89 bits per heavy atom. The van der Waals surface area contributed by atoms with Gasteiger partial charge in [-0.3, -0.25) is 9.59 Å². The molecule has 0 unspecified atom stereocenters. The van der Waals surface area contributed by atoms with Crippen LogP contribution >= 0.6 is 11.6 Å². The molecular formula is C23H31ClN2O2. The number of rotatable bonds is 3. The number of benzene rings is 1. The molecule has 4 rings (SSSR count). The van der Waals surface area contributed by atoms with E-state index < -0.39 is 6.04 Å². The Labute approximate surface area is 173 Å². The lowest BCUT2D eigenvalue weighted by Gasteiger charge is -2.47. The summed E-state index contributed by atoms with van der Waals surface area (Å²) in [5, 5.41) is 0.656. The minimum Gasteiger partial charge on any atom is -0.328 e. The molecule has 5 heteroatoms. The molecule has 3 fully saturated rings. The summed E-state index contributed by atoms with van der Waals surface area (Å²) in [5.74, 6) is 0.232. The zero-order valence-electron chi connectivity index (χ0n) is 16.6. The Hall–Kier alpha value is -1.55. The van der Waals surface area contributed by atoms with E-state index in [1.807, 2.05) is 34.1 Å². The highest BCUT2D eigenvalue weighted by Gasteiger charge is 2.45. The summed E-state index contributed by atoms with van der Waals surface area (Å²) in [4.78, 5) is 30.9. The highest BCUT2D eigenvalue weighted by Crippen LogP contribution is 2.36. The molecule has 3 aliphatic rings. The lowest BCUT2D eigenvalue weighted by Crippen LogP contribution is -2.60. The van der Waals surface area contributed by atoms with Crippen LogP contribution in [0, 0.1) is 0 Å². The zero-order chi connectivity index (χ0) is 19.5. The van der Waals surface area contributed by atoms with Crippen LogP contribution in [0.1, 0.15) is 82.2 Å². The fraction of sp³-hybridized carbons (Fsp3) is 0.652. The van der Waals surface area contributed by atoms with Crippen molar-refractivity contribution in [1.82, 2.24) is 9.80 Å². The summed E-state index contributed by atoms with van der Waals surface area (Å²) in [7, 11) is 0. The fourth-order valence-electron chi connectivity index (χ4n) is 5.33. The first-order valence-electron chi connectivity index (χ1n) is 11.0. The van der Waals surface area contributed by atoms with E-state index in [1.54, 1.807) is 0 Å². The van der Waals surface area contributed by atoms with Gasteiger partial charge >= 0.3 is 0 Å². The highest BCUT2D eigenvalue weighted by molar-refractivity contribution is 6.30. The van der Waals surface area contributed by atoms with Crippen molar-refractivity contribution in [2.75, 3.05) is 6.54 Å². The van der Waals surface area contributed by atoms with Crippen LogP contribution in [0.3, 0.4) is 0 Å². The van der Waals surface area contributed by atoms with Gasteiger partial charge in [-0.2, -0.15) is 0 Å². The van der Waals surface area contributed by atoms with Crippen LogP contribution in [0.15, 0.2) is 24.3 Å². The van der Waals surface area contributed by atoms with E-state index in [0.717, 1.165) is 56.9 Å². The number of hydrogen-bond acceptors (Lipinski definition) is 2. The van der Waals surface area contributed by atoms with Crippen LogP contribution in [0.4, 0.5) is 0 Å². The maximum atomic E-state index is 13.7. The van der Waals surface area contributed by atoms with Gasteiger partial charge < -0.3 is 9.80 Å². The maximum Gasteiger partial charge on any atom is 0.250 e. The molecule has 1 saturated heterocycles. The number of amides is 2. The molecule has 152 valence electrons. The summed E-state index contributed by atoms with van der Waals surface area (Å²) in [5.41, 5.74) is 0.896. The monoisotopic (exact) mass is 402 g/mol. The van der Waals surface area contributed by atoms with Crippen molar-refractivity contribution in [2.45, 2.75) is 88.8 Å². The zero-order valence-corrected chi connectivity index (χ0v) is 17.4. The lowest BCUT2D eigenvalue weighted by molar-refractivity contribution is -0.162. The third-order valence-electron chi connectivity index (χ3n) is 6.81. The number of nitrogens with zero attached hydrogens (tertiary/aromatic N) is 2. The summed E-state index contributed by atoms with van der Waals surface area (Å²) < 4.78 is 0. The third-order valence-corrected chi connectivity index (χ3v) is 7.06. The summed E-state index contributed by atoms with van der Waals surface area (Å²) >= 11 is 6.10. The molecule has 1 aromatic carbocycles. The Kier molecular flexibility index (Phi) is 6.25. The van der Waals surface area contributed by atoms with E-state index in [0.29, 0.717) is 5.02 Å². The van der Waals surface area contributed by atoms with Gasteiger partial charge in [0.05, 0.1) is 0 Å². The summed E-state index contributed by atoms with van der Waals surface area (Å²) in [6.07, 6.45) is 12.3. The van der Waals surface area contributed by atoms with Gasteiger partial charge in [0.1, 0.15) is 12.6 Å². The summed E-state index contributed by atoms with van der Waals surface area (Å²) in [6, 6.07) is 7.41. The molecule has 4 nitrogen and oxygen atoms in total. The van der Waals surface area contributed by atoms with Crippen molar-refractivity contribution < 1.29 is 9.59 Å². The molecule has 2 saturated carbocycles. The molecule has 0 radical (unpaired) electrons. The maximum absolute atomic E-state index is 13.7. The first-order valence-corrected chi connectivity index (χ1v) is 11.4. The largest absolute Gasteiger partial charge is 0.328 e. The van der Waals surface area contributed by atoms with Gasteiger partial charge in [-0.25, -0.2) is 0 Å². The van der Waals surface area contributed by atoms with E-state index in [-0.39, 0.29) is 30.4 Å². The smallest absolute Gasteiger partial charge is 0.250 e. The van der Waals surface area contributed by atoms with E-state index >= 15 is 0 Å². The molecule has 1 heterocycles. The molecular weight excluding hydrogens is 372 g/mol. The van der Waals surface area contributed by atoms with Gasteiger partial charge in [0.25, 0.3) is 5.91 Å². The molecule has 0 bridgehead atoms. The van der Waals surface area contributed by atoms with Crippen LogP contribution in [-0.2, 0) is 9.59 Å². The second kappa shape index (κ2) is 8.86. The normalized spacial score (nSPS) is 25.8. The summed E-state index contributed by atoms with van der Waals surface area (Å²) in [6.45, 7) is 0.254. The van der Waals surface area contributed by atoms with Crippen LogP contribution in [-0.4, -0.2) is 40.2 Å². The fourth-order valence-corrected chi connectivity index (χ4v) is 5.45. The molecule has 0 aromatic heterocycles. The molecule has 28 heavy (non-hydrogen) atoms. The quantitative estimate of drug-likeness (QED) is 0.659. The van der Waals surface area contributed by atoms with Crippen LogP contribution < -0.4 is 0 Å². The standard InChI is InChI=1S/C23H31ClN2O2/c24-18-14-12-17(13-15-18)22-23(28)25(19-8-6-3-7-9-19)16-21(27)26(22)20-10-4-1-2-5-11-20/h12-15,19-20,22H,1-11,16H2/t22-/m1/s1. The second-order valence-corrected chi connectivity index (χ2v) is 9.09. The van der Waals surface area contributed by atoms with Crippen LogP contribution in [0.25, 0.3) is 0 Å². The number of hydrogen-bond donors (Lipinski definition) is 0. The van der Waals surface area contributed by atoms with E-state index in [9.17, 15) is 9.59 Å². The van der Waals surface area contributed by atoms with E-state index in [4.69, 9.17) is 11.6 Å². The van der Waals surface area contributed by atoms with Gasteiger partial charge in [-0.15, -0.1) is 0 Å². The van der Waals surface area contributed by atoms with Crippen molar-refractivity contribution in [1.29, 1.82) is 0 Å². The minimum atomic E-state index is -0.497. The predicted molar refractivity (Wildman–Crippen MR) is 111 cm³/mol. The van der Waals surface area contributed by atoms with Crippen LogP contribution in [0.5, 0.6) is 0 Å².